The molecule has 7 heavy (non-hydrogen) atoms. The van der Waals surface area contributed by atoms with Crippen LogP contribution >= 0.6 is 7.82 Å². The standard InChI is InChI=1S/Co.Fe.H3O4P/c;;1-5(2,3)4/h;;(H3,1,2,3,4). The molecule has 0 saturated heterocycles. The van der Waals surface area contributed by atoms with Gasteiger partial charge in [0.2, 0.25) is 0 Å². The topological polar surface area (TPSA) is 77.8 Å². The first-order valence-electron chi connectivity index (χ1n) is 0.783. The van der Waals surface area contributed by atoms with Crippen molar-refractivity contribution in [1.82, 2.24) is 0 Å². The predicted molar refractivity (Wildman–Crippen MR) is 14.3 cm³/mol. The van der Waals surface area contributed by atoms with Crippen molar-refractivity contribution in [2.24, 2.45) is 0 Å². The second kappa shape index (κ2) is 5.28. The number of hydrogen-bond acceptors (Lipinski definition) is 1. The van der Waals surface area contributed by atoms with E-state index in [0.717, 1.165) is 0 Å². The smallest absolute Gasteiger partial charge is 0.303 e. The predicted octanol–water partition coefficient (Wildman–Crippen LogP) is -0.934. The zero-order valence-electron chi connectivity index (χ0n) is 2.88. The van der Waals surface area contributed by atoms with Crippen LogP contribution in [0.25, 0.3) is 0 Å². The summed E-state index contributed by atoms with van der Waals surface area (Å²) in [4.78, 5) is 21.6. The third-order valence-corrected chi connectivity index (χ3v) is 0. The summed E-state index contributed by atoms with van der Waals surface area (Å²) in [5, 5.41) is 0. The first-order valence-corrected chi connectivity index (χ1v) is 2.35. The summed E-state index contributed by atoms with van der Waals surface area (Å²) in [7, 11) is -4.64. The second-order valence-electron chi connectivity index (χ2n) is 0.513. The van der Waals surface area contributed by atoms with E-state index in [4.69, 9.17) is 19.2 Å². The fraction of sp³-hybridized carbons (Fsp3) is 0. The van der Waals surface area contributed by atoms with Crippen LogP contribution in [-0.4, -0.2) is 14.7 Å². The monoisotopic (exact) mass is 213 g/mol. The molecule has 0 heterocycles. The molecule has 0 bridgehead atoms. The van der Waals surface area contributed by atoms with E-state index in [9.17, 15) is 0 Å². The summed E-state index contributed by atoms with van der Waals surface area (Å²) in [6.07, 6.45) is 0. The molecule has 4 nitrogen and oxygen atoms in total. The van der Waals surface area contributed by atoms with Crippen LogP contribution in [0.1, 0.15) is 0 Å². The quantitative estimate of drug-likeness (QED) is 0.358. The molecular formula is H3CoFeO4P. The van der Waals surface area contributed by atoms with E-state index in [1.165, 1.54) is 0 Å². The van der Waals surface area contributed by atoms with Crippen molar-refractivity contribution in [2.75, 3.05) is 0 Å². The Labute approximate surface area is 61.2 Å². The van der Waals surface area contributed by atoms with Gasteiger partial charge < -0.3 is 14.7 Å². The van der Waals surface area contributed by atoms with Crippen LogP contribution in [0.3, 0.4) is 0 Å². The Morgan fingerprint density at radius 3 is 1.14 bits per heavy atom. The van der Waals surface area contributed by atoms with Crippen LogP contribution in [0.4, 0.5) is 0 Å². The van der Waals surface area contributed by atoms with Crippen molar-refractivity contribution in [1.29, 1.82) is 0 Å². The summed E-state index contributed by atoms with van der Waals surface area (Å²) in [6.45, 7) is 0. The van der Waals surface area contributed by atoms with Crippen LogP contribution < -0.4 is 0 Å². The third kappa shape index (κ3) is 146. The van der Waals surface area contributed by atoms with E-state index >= 15 is 0 Å². The Bertz CT molecular complexity index is 57.8. The van der Waals surface area contributed by atoms with E-state index in [-0.39, 0.29) is 33.8 Å². The Morgan fingerprint density at radius 1 is 1.14 bits per heavy atom. The largest absolute Gasteiger partial charge is 0.466 e. The summed E-state index contributed by atoms with van der Waals surface area (Å²) < 4.78 is 8.88. The van der Waals surface area contributed by atoms with E-state index in [2.05, 4.69) is 0 Å². The van der Waals surface area contributed by atoms with Gasteiger partial charge in [-0.1, -0.05) is 0 Å². The van der Waals surface area contributed by atoms with Crippen molar-refractivity contribution >= 4 is 7.82 Å². The summed E-state index contributed by atoms with van der Waals surface area (Å²) in [6, 6.07) is 0. The van der Waals surface area contributed by atoms with E-state index in [1.807, 2.05) is 0 Å². The molecular weight excluding hydrogens is 210 g/mol. The van der Waals surface area contributed by atoms with Gasteiger partial charge in [0.25, 0.3) is 0 Å². The van der Waals surface area contributed by atoms with Gasteiger partial charge in [0.1, 0.15) is 0 Å². The van der Waals surface area contributed by atoms with Gasteiger partial charge in [-0.25, -0.2) is 4.57 Å². The van der Waals surface area contributed by atoms with Gasteiger partial charge in [0, 0.05) is 33.8 Å². The maximum atomic E-state index is 8.88. The van der Waals surface area contributed by atoms with Crippen LogP contribution in [0.2, 0.25) is 0 Å². The first-order chi connectivity index (χ1) is 2.00. The van der Waals surface area contributed by atoms with Gasteiger partial charge in [-0.2, -0.15) is 0 Å². The van der Waals surface area contributed by atoms with Gasteiger partial charge in [0.05, 0.1) is 0 Å². The fourth-order valence-electron chi connectivity index (χ4n) is 0. The minimum atomic E-state index is -4.64. The van der Waals surface area contributed by atoms with Gasteiger partial charge >= 0.3 is 7.82 Å². The van der Waals surface area contributed by atoms with E-state index < -0.39 is 7.82 Å². The van der Waals surface area contributed by atoms with Crippen molar-refractivity contribution in [2.45, 2.75) is 0 Å². The molecule has 3 N–H and O–H groups in total. The molecule has 7 heteroatoms. The summed E-state index contributed by atoms with van der Waals surface area (Å²) >= 11 is 0. The number of rotatable bonds is 0. The van der Waals surface area contributed by atoms with Gasteiger partial charge in [-0.05, 0) is 0 Å². The molecule has 0 fully saturated rings. The average molecular weight is 213 g/mol. The Kier molecular flexibility index (Phi) is 11.8. The molecule has 0 atom stereocenters. The van der Waals surface area contributed by atoms with Crippen LogP contribution in [-0.2, 0) is 38.4 Å². The van der Waals surface area contributed by atoms with Gasteiger partial charge in [0.15, 0.2) is 0 Å². The molecule has 0 aromatic rings. The van der Waals surface area contributed by atoms with Gasteiger partial charge in [-0.3, -0.25) is 0 Å². The van der Waals surface area contributed by atoms with Crippen molar-refractivity contribution in [3.63, 3.8) is 0 Å². The minimum absolute atomic E-state index is 0. The molecule has 1 radical (unpaired) electrons. The van der Waals surface area contributed by atoms with Crippen LogP contribution in [0, 0.1) is 0 Å². The fourth-order valence-corrected chi connectivity index (χ4v) is 0. The Morgan fingerprint density at radius 2 is 1.14 bits per heavy atom. The maximum Gasteiger partial charge on any atom is 0.466 e. The zero-order chi connectivity index (χ0) is 4.50. The summed E-state index contributed by atoms with van der Waals surface area (Å²) in [5.74, 6) is 0. The molecule has 49 valence electrons. The van der Waals surface area contributed by atoms with Crippen molar-refractivity contribution < 1.29 is 53.1 Å². The van der Waals surface area contributed by atoms with Crippen molar-refractivity contribution in [3.8, 4) is 0 Å². The zero-order valence-corrected chi connectivity index (χ0v) is 5.92. The third-order valence-electron chi connectivity index (χ3n) is 0. The molecule has 0 amide bonds. The molecule has 0 aromatic heterocycles. The van der Waals surface area contributed by atoms with E-state index in [1.54, 1.807) is 0 Å². The van der Waals surface area contributed by atoms with Crippen molar-refractivity contribution in [3.05, 3.63) is 0 Å². The van der Waals surface area contributed by atoms with Crippen LogP contribution in [0.5, 0.6) is 0 Å². The maximum absolute atomic E-state index is 8.88. The Balaban J connectivity index is -0.0000000800. The second-order valence-corrected chi connectivity index (χ2v) is 1.54. The molecule has 0 aliphatic carbocycles. The molecule has 0 saturated carbocycles. The molecule has 0 aromatic carbocycles. The van der Waals surface area contributed by atoms with Gasteiger partial charge in [-0.15, -0.1) is 0 Å². The first kappa shape index (κ1) is 15.7. The minimum Gasteiger partial charge on any atom is -0.303 e. The SMILES string of the molecule is O=P(O)(O)O.[Co].[Fe]. The van der Waals surface area contributed by atoms with Crippen LogP contribution in [0.15, 0.2) is 0 Å². The normalized spacial score (nSPS) is 8.43. The average Bonchev–Trinajstić information content (AvgIpc) is 0.722. The van der Waals surface area contributed by atoms with E-state index in [0.29, 0.717) is 0 Å². The number of phosphoric acid groups is 1. The molecule has 0 rings (SSSR count). The molecule has 0 aliphatic rings. The molecule has 0 unspecified atom stereocenters. The summed E-state index contributed by atoms with van der Waals surface area (Å²) in [5.41, 5.74) is 0. The molecule has 0 aliphatic heterocycles. The Hall–Kier alpha value is 1.14. The number of hydrogen-bond donors (Lipinski definition) is 3. The molecule has 0 spiro atoms.